The fourth-order valence-corrected chi connectivity index (χ4v) is 3.37. The minimum atomic E-state index is -1.76. The third-order valence-electron chi connectivity index (χ3n) is 5.51. The molecular weight excluding hydrogens is 402 g/mol. The van der Waals surface area contributed by atoms with E-state index in [4.69, 9.17) is 11.2 Å². The van der Waals surface area contributed by atoms with Gasteiger partial charge in [0.05, 0.1) is 20.7 Å². The molecule has 0 aliphatic carbocycles. The molecular formula is C23H47NO7. The van der Waals surface area contributed by atoms with E-state index in [1.165, 1.54) is 25.7 Å². The van der Waals surface area contributed by atoms with Crippen LogP contribution < -0.4 is 5.32 Å². The minimum absolute atomic E-state index is 0.0548. The molecule has 0 aromatic heterocycles. The summed E-state index contributed by atoms with van der Waals surface area (Å²) in [6, 6.07) is 0. The lowest BCUT2D eigenvalue weighted by molar-refractivity contribution is -0.113. The van der Waals surface area contributed by atoms with Crippen molar-refractivity contribution in [2.75, 3.05) is 19.7 Å². The van der Waals surface area contributed by atoms with Crippen molar-refractivity contribution in [1.82, 2.24) is 5.32 Å². The molecule has 0 radical (unpaired) electrons. The molecule has 0 saturated carbocycles. The number of nitrogens with one attached hydrogen (secondary N) is 1. The van der Waals surface area contributed by atoms with Gasteiger partial charge in [0.15, 0.2) is 0 Å². The predicted octanol–water partition coefficient (Wildman–Crippen LogP) is 2.49. The van der Waals surface area contributed by atoms with Gasteiger partial charge in [-0.25, -0.2) is 4.79 Å². The van der Waals surface area contributed by atoms with Crippen molar-refractivity contribution in [3.8, 4) is 0 Å². The Morgan fingerprint density at radius 3 is 1.87 bits per heavy atom. The number of hydrogen-bond acceptors (Lipinski definition) is 7. The highest BCUT2D eigenvalue weighted by atomic mass is 16.5. The van der Waals surface area contributed by atoms with Crippen molar-refractivity contribution in [3.05, 3.63) is 0 Å². The molecule has 0 spiro atoms. The first-order chi connectivity index (χ1) is 15.3. The lowest BCUT2D eigenvalue weighted by Crippen LogP contribution is -2.49. The van der Waals surface area contributed by atoms with E-state index >= 15 is 0 Å². The predicted molar refractivity (Wildman–Crippen MR) is 121 cm³/mol. The molecule has 0 saturated heterocycles. The maximum Gasteiger partial charge on any atom is 0.407 e. The maximum absolute atomic E-state index is 12.1. The van der Waals surface area contributed by atoms with Crippen molar-refractivity contribution in [3.63, 3.8) is 0 Å². The van der Waals surface area contributed by atoms with E-state index in [9.17, 15) is 25.2 Å². The number of rotatable bonds is 20. The summed E-state index contributed by atoms with van der Waals surface area (Å²) in [5.41, 5.74) is 0. The molecule has 0 heterocycles. The van der Waals surface area contributed by atoms with Gasteiger partial charge in [0.1, 0.15) is 18.3 Å². The highest BCUT2D eigenvalue weighted by molar-refractivity contribution is 5.67. The second kappa shape index (κ2) is 19.7. The summed E-state index contributed by atoms with van der Waals surface area (Å²) in [6.07, 6.45) is 5.36. The highest BCUT2D eigenvalue weighted by Crippen LogP contribution is 2.19. The van der Waals surface area contributed by atoms with Gasteiger partial charge in [-0.3, -0.25) is 0 Å². The van der Waals surface area contributed by atoms with Crippen molar-refractivity contribution >= 4 is 6.09 Å². The lowest BCUT2D eigenvalue weighted by Gasteiger charge is -2.25. The Kier molecular flexibility index (Phi) is 17.9. The van der Waals surface area contributed by atoms with Crippen molar-refractivity contribution in [1.29, 1.82) is 0 Å². The molecule has 0 aliphatic rings. The topological polar surface area (TPSA) is 139 Å². The van der Waals surface area contributed by atoms with Crippen LogP contribution in [-0.2, 0) is 4.74 Å². The zero-order chi connectivity index (χ0) is 24.4. The highest BCUT2D eigenvalue weighted by Gasteiger charge is 2.30. The number of unbranched alkanes of at least 4 members (excludes halogenated alkanes) is 8. The Balaban J connectivity index is 4.50. The van der Waals surface area contributed by atoms with Gasteiger partial charge in [-0.05, 0) is 18.8 Å². The summed E-state index contributed by atoms with van der Waals surface area (Å²) in [4.78, 5) is 12.1. The smallest absolute Gasteiger partial charge is 0.407 e. The third-order valence-corrected chi connectivity index (χ3v) is 5.51. The van der Waals surface area contributed by atoms with E-state index in [1.54, 1.807) is 0 Å². The molecule has 0 rings (SSSR count). The molecule has 0 bridgehead atoms. The number of amides is 1. The van der Waals surface area contributed by atoms with Gasteiger partial charge in [-0.1, -0.05) is 78.1 Å². The molecule has 6 N–H and O–H groups in total. The number of hydrogen-bond donors (Lipinski definition) is 6. The summed E-state index contributed by atoms with van der Waals surface area (Å²) in [5, 5.41) is 49.7. The monoisotopic (exact) mass is 450 g/mol. The van der Waals surface area contributed by atoms with Crippen LogP contribution in [0.1, 0.15) is 92.3 Å². The molecule has 6 atom stereocenters. The van der Waals surface area contributed by atoms with Gasteiger partial charge in [0.2, 0.25) is 0 Å². The van der Waals surface area contributed by atoms with E-state index in [2.05, 4.69) is 19.2 Å². The summed E-state index contributed by atoms with van der Waals surface area (Å²) in [6.45, 7) is 2.10. The van der Waals surface area contributed by atoms with E-state index in [0.29, 0.717) is 0 Å². The van der Waals surface area contributed by atoms with E-state index in [1.807, 2.05) is 0 Å². The summed E-state index contributed by atoms with van der Waals surface area (Å²) in [5.74, 6) is -0.0548. The minimum Gasteiger partial charge on any atom is -0.449 e. The Morgan fingerprint density at radius 1 is 0.839 bits per heavy atom. The van der Waals surface area contributed by atoms with Crippen LogP contribution >= 0.6 is 0 Å². The Bertz CT molecular complexity index is 458. The molecule has 0 fully saturated rings. The Labute approximate surface area is 189 Å². The molecule has 2 unspecified atom stereocenters. The molecule has 186 valence electrons. The van der Waals surface area contributed by atoms with Crippen LogP contribution in [0.15, 0.2) is 0 Å². The number of carbonyl (C=O) groups is 1. The number of aliphatic hydroxyl groups excluding tert-OH is 5. The lowest BCUT2D eigenvalue weighted by atomic mass is 9.95. The zero-order valence-electron chi connectivity index (χ0n) is 20.4. The molecule has 0 aliphatic heterocycles. The van der Waals surface area contributed by atoms with E-state index < -0.39 is 50.2 Å². The first-order valence-corrected chi connectivity index (χ1v) is 12.0. The van der Waals surface area contributed by atoms with Crippen molar-refractivity contribution < 1.29 is 36.4 Å². The fraction of sp³-hybridized carbons (Fsp3) is 0.957. The molecule has 8 nitrogen and oxygen atoms in total. The number of alkyl carbamates (subject to hydrolysis) is 1. The fourth-order valence-electron chi connectivity index (χ4n) is 3.37. The number of aliphatic hydroxyl groups is 5. The molecule has 8 heteroatoms. The van der Waals surface area contributed by atoms with E-state index in [0.717, 1.165) is 51.4 Å². The second-order valence-electron chi connectivity index (χ2n) is 8.39. The first kappa shape index (κ1) is 28.1. The summed E-state index contributed by atoms with van der Waals surface area (Å²) < 4.78 is 13.5. The van der Waals surface area contributed by atoms with Crippen LogP contribution in [-0.4, -0.2) is 75.8 Å². The Morgan fingerprint density at radius 2 is 1.32 bits per heavy atom. The van der Waals surface area contributed by atoms with Gasteiger partial charge in [0.25, 0.3) is 0 Å². The van der Waals surface area contributed by atoms with E-state index in [-0.39, 0.29) is 5.92 Å². The average Bonchev–Trinajstić information content (AvgIpc) is 2.79. The SMILES string of the molecule is [2H]C(OC(=O)NC[C@H](O)[C@@H](O)[C@H](O)[C@H](O)CO)C(CCCCCC)CCCCCCCC. The first-order valence-electron chi connectivity index (χ1n) is 12.6. The maximum atomic E-state index is 12.1. The largest absolute Gasteiger partial charge is 0.449 e. The van der Waals surface area contributed by atoms with Crippen LogP contribution in [0, 0.1) is 5.92 Å². The number of carbonyl (C=O) groups excluding carboxylic acids is 1. The average molecular weight is 451 g/mol. The third kappa shape index (κ3) is 15.5. The van der Waals surface area contributed by atoms with Crippen LogP contribution in [0.4, 0.5) is 4.79 Å². The van der Waals surface area contributed by atoms with Gasteiger partial charge < -0.3 is 35.6 Å². The molecule has 0 aromatic carbocycles. The number of ether oxygens (including phenoxy) is 1. The van der Waals surface area contributed by atoms with Crippen LogP contribution in [0.2, 0.25) is 0 Å². The van der Waals surface area contributed by atoms with Crippen LogP contribution in [0.5, 0.6) is 0 Å². The molecule has 1 amide bonds. The Hall–Kier alpha value is -0.930. The normalized spacial score (nSPS) is 17.8. The van der Waals surface area contributed by atoms with Crippen LogP contribution in [0.3, 0.4) is 0 Å². The van der Waals surface area contributed by atoms with Gasteiger partial charge >= 0.3 is 6.09 Å². The van der Waals surface area contributed by atoms with Crippen molar-refractivity contribution in [2.45, 2.75) is 115 Å². The summed E-state index contributed by atoms with van der Waals surface area (Å²) >= 11 is 0. The second-order valence-corrected chi connectivity index (χ2v) is 8.39. The van der Waals surface area contributed by atoms with Gasteiger partial charge in [-0.15, -0.1) is 0 Å². The quantitative estimate of drug-likeness (QED) is 0.157. The van der Waals surface area contributed by atoms with Crippen LogP contribution in [0.25, 0.3) is 0 Å². The summed E-state index contributed by atoms with van der Waals surface area (Å²) in [7, 11) is 0. The van der Waals surface area contributed by atoms with Gasteiger partial charge in [-0.2, -0.15) is 0 Å². The zero-order valence-corrected chi connectivity index (χ0v) is 19.4. The molecule has 0 aromatic rings. The van der Waals surface area contributed by atoms with Gasteiger partial charge in [0, 0.05) is 6.54 Å². The molecule has 31 heavy (non-hydrogen) atoms. The van der Waals surface area contributed by atoms with Crippen molar-refractivity contribution in [2.24, 2.45) is 5.92 Å². The standard InChI is InChI=1S/C23H47NO7/c1-3-5-7-9-10-12-14-18(13-11-8-6-4-2)17-31-23(30)24-15-19(26)21(28)22(29)20(27)16-25/h18-22,25-29H,3-17H2,1-2H3,(H,24,30)/t18?,19-,20+,21+,22+/m0/s1/i17D/t17?,18?,19-,20+,21+,22+.